The Kier molecular flexibility index (Phi) is 4.73. The summed E-state index contributed by atoms with van der Waals surface area (Å²) in [5.74, 6) is -0.0564. The summed E-state index contributed by atoms with van der Waals surface area (Å²) in [5.41, 5.74) is 7.31. The maximum atomic E-state index is 12.3. The lowest BCUT2D eigenvalue weighted by atomic mass is 10.1. The lowest BCUT2D eigenvalue weighted by Crippen LogP contribution is -2.55. The van der Waals surface area contributed by atoms with E-state index in [1.165, 1.54) is 0 Å². The molecule has 1 aliphatic rings. The van der Waals surface area contributed by atoms with Crippen molar-refractivity contribution in [3.63, 3.8) is 0 Å². The number of nitrogen functional groups attached to an aromatic ring is 1. The van der Waals surface area contributed by atoms with Gasteiger partial charge in [-0.1, -0.05) is 17.7 Å². The number of benzene rings is 1. The molecule has 1 amide bonds. The third-order valence-electron chi connectivity index (χ3n) is 3.20. The molecular formula is C14H20ClN3O2. The van der Waals surface area contributed by atoms with Gasteiger partial charge in [0.25, 0.3) is 0 Å². The fraction of sp³-hybridized carbons (Fsp3) is 0.500. The highest BCUT2D eigenvalue weighted by Crippen LogP contribution is 2.32. The number of rotatable bonds is 3. The summed E-state index contributed by atoms with van der Waals surface area (Å²) in [7, 11) is 0. The van der Waals surface area contributed by atoms with Crippen LogP contribution in [0.3, 0.4) is 0 Å². The number of halogens is 1. The van der Waals surface area contributed by atoms with Crippen LogP contribution in [-0.2, 0) is 9.53 Å². The van der Waals surface area contributed by atoms with Crippen LogP contribution >= 0.6 is 11.6 Å². The van der Waals surface area contributed by atoms with Crippen molar-refractivity contribution >= 4 is 28.9 Å². The van der Waals surface area contributed by atoms with Crippen molar-refractivity contribution < 1.29 is 9.53 Å². The number of carbonyl (C=O) groups is 1. The number of amides is 1. The molecule has 0 radical (unpaired) electrons. The quantitative estimate of drug-likeness (QED) is 0.833. The van der Waals surface area contributed by atoms with Crippen LogP contribution in [0, 0.1) is 0 Å². The minimum atomic E-state index is -0.382. The van der Waals surface area contributed by atoms with E-state index in [1.807, 2.05) is 30.9 Å². The van der Waals surface area contributed by atoms with E-state index >= 15 is 0 Å². The molecule has 1 heterocycles. The van der Waals surface area contributed by atoms with E-state index < -0.39 is 0 Å². The smallest absolute Gasteiger partial charge is 0.245 e. The SMILES string of the molecule is CC(C)NC(=O)C1COCCN1c1cccc(Cl)c1N. The zero-order chi connectivity index (χ0) is 14.7. The molecule has 20 heavy (non-hydrogen) atoms. The minimum absolute atomic E-state index is 0.0564. The highest BCUT2D eigenvalue weighted by atomic mass is 35.5. The molecule has 5 nitrogen and oxygen atoms in total. The lowest BCUT2D eigenvalue weighted by molar-refractivity contribution is -0.125. The first-order valence-electron chi connectivity index (χ1n) is 6.69. The summed E-state index contributed by atoms with van der Waals surface area (Å²) in [6.45, 7) is 5.39. The van der Waals surface area contributed by atoms with E-state index in [0.717, 1.165) is 5.69 Å². The molecule has 1 aromatic carbocycles. The van der Waals surface area contributed by atoms with Crippen molar-refractivity contribution in [1.82, 2.24) is 5.32 Å². The number of hydrogen-bond acceptors (Lipinski definition) is 4. The number of morpholine rings is 1. The third kappa shape index (κ3) is 3.16. The Hall–Kier alpha value is -1.46. The Bertz CT molecular complexity index is 493. The summed E-state index contributed by atoms with van der Waals surface area (Å²) in [6, 6.07) is 5.16. The topological polar surface area (TPSA) is 67.6 Å². The Morgan fingerprint density at radius 3 is 3.00 bits per heavy atom. The maximum Gasteiger partial charge on any atom is 0.245 e. The van der Waals surface area contributed by atoms with Gasteiger partial charge in [-0.15, -0.1) is 0 Å². The van der Waals surface area contributed by atoms with Crippen molar-refractivity contribution in [1.29, 1.82) is 0 Å². The van der Waals surface area contributed by atoms with Gasteiger partial charge in [0.05, 0.1) is 29.6 Å². The molecule has 0 aliphatic carbocycles. The molecule has 6 heteroatoms. The fourth-order valence-electron chi connectivity index (χ4n) is 2.27. The summed E-state index contributed by atoms with van der Waals surface area (Å²) in [4.78, 5) is 14.2. The summed E-state index contributed by atoms with van der Waals surface area (Å²) in [6.07, 6.45) is 0. The van der Waals surface area contributed by atoms with E-state index in [4.69, 9.17) is 22.1 Å². The van der Waals surface area contributed by atoms with Crippen LogP contribution in [0.15, 0.2) is 18.2 Å². The van der Waals surface area contributed by atoms with E-state index in [-0.39, 0.29) is 18.0 Å². The largest absolute Gasteiger partial charge is 0.396 e. The maximum absolute atomic E-state index is 12.3. The van der Waals surface area contributed by atoms with Crippen LogP contribution in [0.25, 0.3) is 0 Å². The minimum Gasteiger partial charge on any atom is -0.396 e. The molecule has 0 saturated carbocycles. The first-order chi connectivity index (χ1) is 9.50. The lowest BCUT2D eigenvalue weighted by Gasteiger charge is -2.37. The summed E-state index contributed by atoms with van der Waals surface area (Å²) >= 11 is 6.06. The standard InChI is InChI=1S/C14H20ClN3O2/c1-9(2)17-14(19)12-8-20-7-6-18(12)11-5-3-4-10(15)13(11)16/h3-5,9,12H,6-8,16H2,1-2H3,(H,17,19). The van der Waals surface area contributed by atoms with E-state index in [2.05, 4.69) is 5.32 Å². The van der Waals surface area contributed by atoms with Crippen LogP contribution in [0.1, 0.15) is 13.8 Å². The number of nitrogens with one attached hydrogen (secondary N) is 1. The van der Waals surface area contributed by atoms with Crippen molar-refractivity contribution in [2.45, 2.75) is 25.9 Å². The molecule has 1 atom stereocenters. The molecule has 3 N–H and O–H groups in total. The van der Waals surface area contributed by atoms with Gasteiger partial charge in [0.15, 0.2) is 0 Å². The zero-order valence-electron chi connectivity index (χ0n) is 11.7. The second-order valence-corrected chi connectivity index (χ2v) is 5.53. The summed E-state index contributed by atoms with van der Waals surface area (Å²) < 4.78 is 5.43. The molecule has 1 fully saturated rings. The number of para-hydroxylation sites is 1. The molecular weight excluding hydrogens is 278 g/mol. The first kappa shape index (κ1) is 14.9. The second-order valence-electron chi connectivity index (χ2n) is 5.12. The number of nitrogens with two attached hydrogens (primary N) is 1. The average molecular weight is 298 g/mol. The van der Waals surface area contributed by atoms with Crippen molar-refractivity contribution in [3.05, 3.63) is 23.2 Å². The van der Waals surface area contributed by atoms with Crippen LogP contribution in [0.2, 0.25) is 5.02 Å². The van der Waals surface area contributed by atoms with Gasteiger partial charge < -0.3 is 20.7 Å². The predicted octanol–water partition coefficient (Wildman–Crippen LogP) is 1.65. The third-order valence-corrected chi connectivity index (χ3v) is 3.53. The van der Waals surface area contributed by atoms with Gasteiger partial charge in [0.2, 0.25) is 5.91 Å². The zero-order valence-corrected chi connectivity index (χ0v) is 12.5. The molecule has 2 rings (SSSR count). The Labute approximate surface area is 124 Å². The van der Waals surface area contributed by atoms with Crippen LogP contribution in [0.5, 0.6) is 0 Å². The molecule has 0 aromatic heterocycles. The molecule has 0 spiro atoms. The van der Waals surface area contributed by atoms with Gasteiger partial charge >= 0.3 is 0 Å². The fourth-order valence-corrected chi connectivity index (χ4v) is 2.44. The Morgan fingerprint density at radius 1 is 1.55 bits per heavy atom. The van der Waals surface area contributed by atoms with Crippen molar-refractivity contribution in [3.8, 4) is 0 Å². The Balaban J connectivity index is 2.27. The molecule has 1 aromatic rings. The van der Waals surface area contributed by atoms with E-state index in [0.29, 0.717) is 30.5 Å². The number of ether oxygens (including phenoxy) is 1. The molecule has 1 aliphatic heterocycles. The Morgan fingerprint density at radius 2 is 2.30 bits per heavy atom. The van der Waals surface area contributed by atoms with Crippen LogP contribution < -0.4 is 16.0 Å². The highest BCUT2D eigenvalue weighted by Gasteiger charge is 2.31. The van der Waals surface area contributed by atoms with Crippen molar-refractivity contribution in [2.75, 3.05) is 30.4 Å². The molecule has 110 valence electrons. The molecule has 1 saturated heterocycles. The van der Waals surface area contributed by atoms with Gasteiger partial charge in [0, 0.05) is 12.6 Å². The second kappa shape index (κ2) is 6.33. The molecule has 1 unspecified atom stereocenters. The summed E-state index contributed by atoms with van der Waals surface area (Å²) in [5, 5.41) is 3.41. The number of nitrogens with zero attached hydrogens (tertiary/aromatic N) is 1. The average Bonchev–Trinajstić information content (AvgIpc) is 2.41. The van der Waals surface area contributed by atoms with Gasteiger partial charge in [-0.2, -0.15) is 0 Å². The monoisotopic (exact) mass is 297 g/mol. The number of hydrogen-bond donors (Lipinski definition) is 2. The van der Waals surface area contributed by atoms with Crippen molar-refractivity contribution in [2.24, 2.45) is 0 Å². The van der Waals surface area contributed by atoms with Gasteiger partial charge in [0.1, 0.15) is 6.04 Å². The highest BCUT2D eigenvalue weighted by molar-refractivity contribution is 6.33. The van der Waals surface area contributed by atoms with Gasteiger partial charge in [-0.3, -0.25) is 4.79 Å². The molecule has 0 bridgehead atoms. The van der Waals surface area contributed by atoms with Crippen LogP contribution in [-0.4, -0.2) is 37.7 Å². The van der Waals surface area contributed by atoms with Crippen LogP contribution in [0.4, 0.5) is 11.4 Å². The van der Waals surface area contributed by atoms with E-state index in [9.17, 15) is 4.79 Å². The normalized spacial score (nSPS) is 19.2. The first-order valence-corrected chi connectivity index (χ1v) is 7.07. The van der Waals surface area contributed by atoms with Gasteiger partial charge in [-0.25, -0.2) is 0 Å². The number of carbonyl (C=O) groups excluding carboxylic acids is 1. The van der Waals surface area contributed by atoms with Gasteiger partial charge in [-0.05, 0) is 26.0 Å². The predicted molar refractivity (Wildman–Crippen MR) is 81.1 cm³/mol. The number of anilines is 2. The van der Waals surface area contributed by atoms with E-state index in [1.54, 1.807) is 6.07 Å².